The molecule has 0 bridgehead atoms. The summed E-state index contributed by atoms with van der Waals surface area (Å²) in [5, 5.41) is 0.939. The van der Waals surface area contributed by atoms with Gasteiger partial charge in [0.05, 0.1) is 6.33 Å². The predicted octanol–water partition coefficient (Wildman–Crippen LogP) is 2.71. The largest absolute Gasteiger partial charge is 0.453 e. The summed E-state index contributed by atoms with van der Waals surface area (Å²) in [6, 6.07) is 7.59. The van der Waals surface area contributed by atoms with Crippen molar-refractivity contribution in [1.82, 2.24) is 9.55 Å². The zero-order valence-corrected chi connectivity index (χ0v) is 10.2. The fourth-order valence-electron chi connectivity index (χ4n) is 1.93. The minimum absolute atomic E-state index is 0.190. The first-order valence-corrected chi connectivity index (χ1v) is 5.66. The Morgan fingerprint density at radius 3 is 2.89 bits per heavy atom. The third-order valence-electron chi connectivity index (χ3n) is 2.83. The molecule has 0 radical (unpaired) electrons. The van der Waals surface area contributed by atoms with Gasteiger partial charge in [0.1, 0.15) is 11.3 Å². The van der Waals surface area contributed by atoms with Crippen molar-refractivity contribution in [2.75, 3.05) is 0 Å². The number of hydrogen-bond donors (Lipinski definition) is 0. The van der Waals surface area contributed by atoms with Crippen LogP contribution in [0.3, 0.4) is 0 Å². The lowest BCUT2D eigenvalue weighted by molar-refractivity contribution is 0.101. The SMILES string of the molecule is Cc1ccc2oc(C(=O)c3cn(C)cn3)cc2c1. The second-order valence-electron chi connectivity index (χ2n) is 4.41. The normalized spacial score (nSPS) is 11.0. The fraction of sp³-hybridized carbons (Fsp3) is 0.143. The molecule has 90 valence electrons. The van der Waals surface area contributed by atoms with Crippen LogP contribution in [0, 0.1) is 6.92 Å². The number of aromatic nitrogens is 2. The number of carbonyl (C=O) groups excluding carboxylic acids is 1. The van der Waals surface area contributed by atoms with Gasteiger partial charge in [-0.1, -0.05) is 11.6 Å². The summed E-state index contributed by atoms with van der Waals surface area (Å²) in [4.78, 5) is 16.2. The molecule has 18 heavy (non-hydrogen) atoms. The number of furan rings is 1. The molecule has 0 atom stereocenters. The van der Waals surface area contributed by atoms with Gasteiger partial charge in [-0.25, -0.2) is 4.98 Å². The topological polar surface area (TPSA) is 48.0 Å². The Kier molecular flexibility index (Phi) is 2.30. The van der Waals surface area contributed by atoms with E-state index in [9.17, 15) is 4.79 Å². The van der Waals surface area contributed by atoms with Crippen LogP contribution in [-0.4, -0.2) is 15.3 Å². The zero-order chi connectivity index (χ0) is 12.7. The molecule has 3 aromatic rings. The Labute approximate surface area is 104 Å². The summed E-state index contributed by atoms with van der Waals surface area (Å²) in [5.41, 5.74) is 2.26. The van der Waals surface area contributed by atoms with Crippen LogP contribution in [0.1, 0.15) is 21.8 Å². The molecule has 2 aromatic heterocycles. The van der Waals surface area contributed by atoms with Crippen LogP contribution in [0.15, 0.2) is 41.2 Å². The highest BCUT2D eigenvalue weighted by molar-refractivity contribution is 6.07. The van der Waals surface area contributed by atoms with Gasteiger partial charge in [0, 0.05) is 18.6 Å². The van der Waals surface area contributed by atoms with Crippen molar-refractivity contribution in [1.29, 1.82) is 0 Å². The monoisotopic (exact) mass is 240 g/mol. The first-order chi connectivity index (χ1) is 8.63. The number of imidazole rings is 1. The second-order valence-corrected chi connectivity index (χ2v) is 4.41. The van der Waals surface area contributed by atoms with E-state index >= 15 is 0 Å². The van der Waals surface area contributed by atoms with E-state index < -0.39 is 0 Å². The quantitative estimate of drug-likeness (QED) is 0.647. The molecule has 0 unspecified atom stereocenters. The maximum atomic E-state index is 12.1. The molecule has 4 heteroatoms. The van der Waals surface area contributed by atoms with Crippen molar-refractivity contribution in [3.63, 3.8) is 0 Å². The Balaban J connectivity index is 2.06. The van der Waals surface area contributed by atoms with E-state index in [0.717, 1.165) is 16.5 Å². The Morgan fingerprint density at radius 2 is 2.17 bits per heavy atom. The van der Waals surface area contributed by atoms with E-state index in [1.165, 1.54) is 0 Å². The van der Waals surface area contributed by atoms with Crippen LogP contribution >= 0.6 is 0 Å². The molecule has 0 aliphatic carbocycles. The van der Waals surface area contributed by atoms with Crippen molar-refractivity contribution in [2.24, 2.45) is 7.05 Å². The van der Waals surface area contributed by atoms with Crippen LogP contribution in [0.4, 0.5) is 0 Å². The molecule has 3 rings (SSSR count). The highest BCUT2D eigenvalue weighted by atomic mass is 16.3. The maximum absolute atomic E-state index is 12.1. The Hall–Kier alpha value is -2.36. The maximum Gasteiger partial charge on any atom is 0.248 e. The molecule has 4 nitrogen and oxygen atoms in total. The van der Waals surface area contributed by atoms with Gasteiger partial charge in [0.15, 0.2) is 5.76 Å². The molecule has 2 heterocycles. The predicted molar refractivity (Wildman–Crippen MR) is 67.6 cm³/mol. The number of benzene rings is 1. The number of rotatable bonds is 2. The highest BCUT2D eigenvalue weighted by Crippen LogP contribution is 2.22. The average molecular weight is 240 g/mol. The van der Waals surface area contributed by atoms with E-state index in [0.29, 0.717) is 11.5 Å². The van der Waals surface area contributed by atoms with Crippen LogP contribution in [0.5, 0.6) is 0 Å². The number of aryl methyl sites for hydroxylation is 2. The third kappa shape index (κ3) is 1.72. The summed E-state index contributed by atoms with van der Waals surface area (Å²) in [7, 11) is 1.83. The van der Waals surface area contributed by atoms with Crippen LogP contribution in [-0.2, 0) is 7.05 Å². The lowest BCUT2D eigenvalue weighted by Crippen LogP contribution is -1.99. The van der Waals surface area contributed by atoms with Gasteiger partial charge in [-0.15, -0.1) is 0 Å². The number of ketones is 1. The van der Waals surface area contributed by atoms with E-state index in [2.05, 4.69) is 4.98 Å². The van der Waals surface area contributed by atoms with Crippen molar-refractivity contribution in [2.45, 2.75) is 6.92 Å². The highest BCUT2D eigenvalue weighted by Gasteiger charge is 2.16. The van der Waals surface area contributed by atoms with E-state index in [1.807, 2.05) is 32.2 Å². The summed E-state index contributed by atoms with van der Waals surface area (Å²) in [6.07, 6.45) is 3.28. The minimum Gasteiger partial charge on any atom is -0.453 e. The molecule has 0 fully saturated rings. The third-order valence-corrected chi connectivity index (χ3v) is 2.83. The summed E-state index contributed by atoms with van der Waals surface area (Å²) in [5.74, 6) is 0.138. The lowest BCUT2D eigenvalue weighted by atomic mass is 10.1. The molecule has 0 saturated heterocycles. The molecule has 0 amide bonds. The molecule has 0 spiro atoms. The average Bonchev–Trinajstić information content (AvgIpc) is 2.93. The van der Waals surface area contributed by atoms with Gasteiger partial charge >= 0.3 is 0 Å². The van der Waals surface area contributed by atoms with E-state index in [4.69, 9.17) is 4.42 Å². The van der Waals surface area contributed by atoms with Crippen molar-refractivity contribution >= 4 is 16.8 Å². The molecule has 0 aliphatic rings. The number of nitrogens with zero attached hydrogens (tertiary/aromatic N) is 2. The molecule has 1 aromatic carbocycles. The number of hydrogen-bond acceptors (Lipinski definition) is 3. The Morgan fingerprint density at radius 1 is 1.33 bits per heavy atom. The van der Waals surface area contributed by atoms with Gasteiger partial charge in [-0.2, -0.15) is 0 Å². The zero-order valence-electron chi connectivity index (χ0n) is 10.2. The first kappa shape index (κ1) is 10.8. The minimum atomic E-state index is -0.190. The van der Waals surface area contributed by atoms with Gasteiger partial charge < -0.3 is 8.98 Å². The fourth-order valence-corrected chi connectivity index (χ4v) is 1.93. The van der Waals surface area contributed by atoms with Crippen LogP contribution < -0.4 is 0 Å². The first-order valence-electron chi connectivity index (χ1n) is 5.66. The van der Waals surface area contributed by atoms with Gasteiger partial charge in [-0.3, -0.25) is 4.79 Å². The molecule has 0 aliphatic heterocycles. The van der Waals surface area contributed by atoms with E-state index in [1.54, 1.807) is 23.2 Å². The second kappa shape index (κ2) is 3.84. The van der Waals surface area contributed by atoms with Gasteiger partial charge in [0.2, 0.25) is 5.78 Å². The van der Waals surface area contributed by atoms with Crippen LogP contribution in [0.2, 0.25) is 0 Å². The standard InChI is InChI=1S/C14H12N2O2/c1-9-3-4-12-10(5-9)6-13(18-12)14(17)11-7-16(2)8-15-11/h3-8H,1-2H3. The molecule has 0 saturated carbocycles. The smallest absolute Gasteiger partial charge is 0.248 e. The molecular weight excluding hydrogens is 228 g/mol. The molecular formula is C14H12N2O2. The number of carbonyl (C=O) groups is 1. The van der Waals surface area contributed by atoms with Crippen molar-refractivity contribution in [3.8, 4) is 0 Å². The molecule has 0 N–H and O–H groups in total. The Bertz CT molecular complexity index is 737. The lowest BCUT2D eigenvalue weighted by Gasteiger charge is -1.90. The summed E-state index contributed by atoms with van der Waals surface area (Å²) in [6.45, 7) is 2.01. The van der Waals surface area contributed by atoms with Crippen molar-refractivity contribution < 1.29 is 9.21 Å². The van der Waals surface area contributed by atoms with Crippen molar-refractivity contribution in [3.05, 3.63) is 53.8 Å². The summed E-state index contributed by atoms with van der Waals surface area (Å²) < 4.78 is 7.29. The van der Waals surface area contributed by atoms with E-state index in [-0.39, 0.29) is 5.78 Å². The van der Waals surface area contributed by atoms with Crippen LogP contribution in [0.25, 0.3) is 11.0 Å². The van der Waals surface area contributed by atoms with Gasteiger partial charge in [0.25, 0.3) is 0 Å². The van der Waals surface area contributed by atoms with Gasteiger partial charge in [-0.05, 0) is 25.1 Å². The summed E-state index contributed by atoms with van der Waals surface area (Å²) >= 11 is 0. The number of fused-ring (bicyclic) bond motifs is 1.